The highest BCUT2D eigenvalue weighted by atomic mass is 79.9. The lowest BCUT2D eigenvalue weighted by atomic mass is 10.1. The molecule has 0 aliphatic carbocycles. The molecule has 2 aromatic carbocycles. The predicted molar refractivity (Wildman–Crippen MR) is 162 cm³/mol. The fraction of sp³-hybridized carbons (Fsp3) is 0.552. The second kappa shape index (κ2) is 12.4. The summed E-state index contributed by atoms with van der Waals surface area (Å²) in [5.41, 5.74) is 0.784. The van der Waals surface area contributed by atoms with Gasteiger partial charge in [-0.05, 0) is 79.1 Å². The third-order valence-electron chi connectivity index (χ3n) is 7.15. The van der Waals surface area contributed by atoms with Gasteiger partial charge in [-0.3, -0.25) is 0 Å². The molecule has 0 aromatic heterocycles. The van der Waals surface area contributed by atoms with Crippen molar-refractivity contribution < 1.29 is 23.1 Å². The van der Waals surface area contributed by atoms with Gasteiger partial charge in [0.1, 0.15) is 24.1 Å². The summed E-state index contributed by atoms with van der Waals surface area (Å²) in [6, 6.07) is 10.5. The third-order valence-corrected chi connectivity index (χ3v) is 12.5. The molecule has 216 valence electrons. The highest BCUT2D eigenvalue weighted by molar-refractivity contribution is 9.10. The molecule has 10 heteroatoms. The molecule has 1 unspecified atom stereocenters. The molecule has 39 heavy (non-hydrogen) atoms. The number of hydrogen-bond donors (Lipinski definition) is 0. The average Bonchev–Trinajstić information content (AvgIpc) is 2.80. The zero-order valence-corrected chi connectivity index (χ0v) is 27.6. The summed E-state index contributed by atoms with van der Waals surface area (Å²) in [5.74, 6) is 0.238. The van der Waals surface area contributed by atoms with Crippen molar-refractivity contribution in [1.29, 1.82) is 0 Å². The molecule has 1 heterocycles. The number of carbonyl (C=O) groups excluding carboxylic acids is 1. The molecule has 1 saturated heterocycles. The zero-order chi connectivity index (χ0) is 29.2. The van der Waals surface area contributed by atoms with E-state index in [4.69, 9.17) is 25.5 Å². The number of anilines is 1. The molecule has 0 N–H and O–H groups in total. The number of benzene rings is 2. The van der Waals surface area contributed by atoms with E-state index in [0.29, 0.717) is 42.5 Å². The molecular formula is C29H41BrClFN2O4Si. The van der Waals surface area contributed by atoms with E-state index in [1.165, 1.54) is 6.07 Å². The van der Waals surface area contributed by atoms with E-state index in [9.17, 15) is 4.79 Å². The van der Waals surface area contributed by atoms with Crippen LogP contribution < -0.4 is 9.64 Å². The van der Waals surface area contributed by atoms with Gasteiger partial charge in [-0.25, -0.2) is 9.18 Å². The maximum atomic E-state index is 15.1. The first kappa shape index (κ1) is 31.7. The van der Waals surface area contributed by atoms with Crippen molar-refractivity contribution in [1.82, 2.24) is 4.90 Å². The second-order valence-corrected chi connectivity index (χ2v) is 18.4. The second-order valence-electron chi connectivity index (χ2n) is 12.4. The Hall–Kier alpha value is -1.81. The maximum Gasteiger partial charge on any atom is 0.410 e. The fourth-order valence-electron chi connectivity index (χ4n) is 3.99. The van der Waals surface area contributed by atoms with Crippen molar-refractivity contribution in [3.8, 4) is 5.75 Å². The monoisotopic (exact) mass is 642 g/mol. The van der Waals surface area contributed by atoms with Crippen LogP contribution >= 0.6 is 27.5 Å². The van der Waals surface area contributed by atoms with Crippen molar-refractivity contribution in [3.63, 3.8) is 0 Å². The minimum Gasteiger partial charge on any atom is -0.487 e. The highest BCUT2D eigenvalue weighted by Gasteiger charge is 2.40. The lowest BCUT2D eigenvalue weighted by Crippen LogP contribution is -2.50. The van der Waals surface area contributed by atoms with Gasteiger partial charge in [-0.1, -0.05) is 44.5 Å². The van der Waals surface area contributed by atoms with E-state index in [1.807, 2.05) is 39.0 Å². The third kappa shape index (κ3) is 8.35. The van der Waals surface area contributed by atoms with Gasteiger partial charge in [0, 0.05) is 36.8 Å². The topological polar surface area (TPSA) is 51.2 Å². The number of halogens is 3. The van der Waals surface area contributed by atoms with Crippen LogP contribution in [0, 0.1) is 5.82 Å². The number of ether oxygens (including phenoxy) is 2. The van der Waals surface area contributed by atoms with Crippen molar-refractivity contribution in [2.45, 2.75) is 71.4 Å². The standard InChI is InChI=1S/C29H41BrClFN2O4Si/c1-28(2,3)37-27(35)34-16-14-33(15-17-34)24-11-9-10-22(30)26(24)36-19-25(38-39(7,8)29(4,5)6)21-13-12-20(31)18-23(21)32/h9-13,18,25H,14-17,19H2,1-8H3. The summed E-state index contributed by atoms with van der Waals surface area (Å²) in [6.07, 6.45) is -0.921. The fourth-order valence-corrected chi connectivity index (χ4v) is 5.88. The number of carbonyl (C=O) groups is 1. The van der Waals surface area contributed by atoms with Gasteiger partial charge in [0.15, 0.2) is 14.1 Å². The van der Waals surface area contributed by atoms with Gasteiger partial charge in [0.2, 0.25) is 0 Å². The van der Waals surface area contributed by atoms with Crippen LogP contribution in [0.4, 0.5) is 14.9 Å². The average molecular weight is 644 g/mol. The first-order valence-corrected chi connectivity index (χ1v) is 17.3. The van der Waals surface area contributed by atoms with Crippen LogP contribution in [0.15, 0.2) is 40.9 Å². The quantitative estimate of drug-likeness (QED) is 0.284. The Morgan fingerprint density at radius 1 is 1.08 bits per heavy atom. The molecule has 6 nitrogen and oxygen atoms in total. The predicted octanol–water partition coefficient (Wildman–Crippen LogP) is 8.44. The smallest absolute Gasteiger partial charge is 0.410 e. The van der Waals surface area contributed by atoms with Gasteiger partial charge in [-0.15, -0.1) is 0 Å². The Kier molecular flexibility index (Phi) is 10.1. The summed E-state index contributed by atoms with van der Waals surface area (Å²) in [4.78, 5) is 16.4. The molecule has 1 aliphatic rings. The molecule has 2 aromatic rings. The Balaban J connectivity index is 1.82. The van der Waals surface area contributed by atoms with E-state index in [2.05, 4.69) is 54.7 Å². The van der Waals surface area contributed by atoms with Gasteiger partial charge >= 0.3 is 6.09 Å². The Morgan fingerprint density at radius 2 is 1.72 bits per heavy atom. The van der Waals surface area contributed by atoms with Crippen LogP contribution in [0.2, 0.25) is 23.2 Å². The zero-order valence-electron chi connectivity index (χ0n) is 24.2. The molecule has 0 radical (unpaired) electrons. The minimum absolute atomic E-state index is 0.0690. The number of amides is 1. The molecular weight excluding hydrogens is 603 g/mol. The molecule has 0 bridgehead atoms. The molecule has 1 amide bonds. The molecule has 1 aliphatic heterocycles. The van der Waals surface area contributed by atoms with Crippen molar-refractivity contribution >= 4 is 47.6 Å². The number of para-hydroxylation sites is 1. The van der Waals surface area contributed by atoms with Gasteiger partial charge in [0.25, 0.3) is 0 Å². The van der Waals surface area contributed by atoms with Crippen LogP contribution in [0.25, 0.3) is 0 Å². The minimum atomic E-state index is -2.27. The van der Waals surface area contributed by atoms with Crippen LogP contribution in [-0.2, 0) is 9.16 Å². The van der Waals surface area contributed by atoms with Gasteiger partial charge in [0.05, 0.1) is 10.2 Å². The van der Waals surface area contributed by atoms with E-state index < -0.39 is 25.8 Å². The van der Waals surface area contributed by atoms with Crippen LogP contribution in [0.1, 0.15) is 53.2 Å². The van der Waals surface area contributed by atoms with E-state index in [-0.39, 0.29) is 17.7 Å². The SMILES string of the molecule is CC(C)(C)OC(=O)N1CCN(c2cccc(Br)c2OCC(O[Si](C)(C)C(C)(C)C)c2ccc(Cl)cc2F)CC1. The lowest BCUT2D eigenvalue weighted by Gasteiger charge is -2.40. The van der Waals surface area contributed by atoms with E-state index >= 15 is 4.39 Å². The first-order valence-electron chi connectivity index (χ1n) is 13.3. The largest absolute Gasteiger partial charge is 0.487 e. The number of rotatable bonds is 7. The Morgan fingerprint density at radius 3 is 2.28 bits per heavy atom. The van der Waals surface area contributed by atoms with Gasteiger partial charge in [-0.2, -0.15) is 0 Å². The first-order chi connectivity index (χ1) is 18.0. The highest BCUT2D eigenvalue weighted by Crippen LogP contribution is 2.42. The Labute approximate surface area is 247 Å². The van der Waals surface area contributed by atoms with Crippen molar-refractivity contribution in [2.75, 3.05) is 37.7 Å². The van der Waals surface area contributed by atoms with E-state index in [1.54, 1.807) is 17.0 Å². The van der Waals surface area contributed by atoms with Gasteiger partial charge < -0.3 is 23.7 Å². The van der Waals surface area contributed by atoms with Crippen LogP contribution in [0.5, 0.6) is 5.75 Å². The maximum absolute atomic E-state index is 15.1. The van der Waals surface area contributed by atoms with Crippen LogP contribution in [0.3, 0.4) is 0 Å². The molecule has 3 rings (SSSR count). The summed E-state index contributed by atoms with van der Waals surface area (Å²) < 4.78 is 34.5. The molecule has 1 fully saturated rings. The van der Waals surface area contributed by atoms with Crippen molar-refractivity contribution in [2.24, 2.45) is 0 Å². The number of nitrogens with zero attached hydrogens (tertiary/aromatic N) is 2. The summed E-state index contributed by atoms with van der Waals surface area (Å²) in [5, 5.41) is 0.266. The molecule has 1 atom stereocenters. The van der Waals surface area contributed by atoms with Crippen LogP contribution in [-0.4, -0.2) is 57.7 Å². The molecule has 0 spiro atoms. The van der Waals surface area contributed by atoms with E-state index in [0.717, 1.165) is 10.2 Å². The molecule has 0 saturated carbocycles. The lowest BCUT2D eigenvalue weighted by molar-refractivity contribution is 0.0240. The Bertz CT molecular complexity index is 1160. The number of hydrogen-bond acceptors (Lipinski definition) is 5. The normalized spacial score (nSPS) is 15.8. The summed E-state index contributed by atoms with van der Waals surface area (Å²) >= 11 is 9.69. The summed E-state index contributed by atoms with van der Waals surface area (Å²) in [7, 11) is -2.27. The number of piperazine rings is 1. The summed E-state index contributed by atoms with van der Waals surface area (Å²) in [6.45, 7) is 18.8. The van der Waals surface area contributed by atoms with Crippen molar-refractivity contribution in [3.05, 3.63) is 57.3 Å².